The fraction of sp³-hybridized carbons (Fsp3) is 0.909. The van der Waals surface area contributed by atoms with Gasteiger partial charge in [0.25, 0.3) is 0 Å². The molecule has 3 atom stereocenters. The van der Waals surface area contributed by atoms with Gasteiger partial charge in [-0.3, -0.25) is 9.69 Å². The summed E-state index contributed by atoms with van der Waals surface area (Å²) in [6, 6.07) is 0.134. The van der Waals surface area contributed by atoms with Crippen LogP contribution in [0.5, 0.6) is 0 Å². The normalized spacial score (nSPS) is 27.9. The summed E-state index contributed by atoms with van der Waals surface area (Å²) in [6.45, 7) is 3.56. The highest BCUT2D eigenvalue weighted by Crippen LogP contribution is 2.20. The van der Waals surface area contributed by atoms with Crippen molar-refractivity contribution in [3.8, 4) is 0 Å². The monoisotopic (exact) mass is 246 g/mol. The molecule has 100 valence electrons. The lowest BCUT2D eigenvalue weighted by Gasteiger charge is -2.38. The summed E-state index contributed by atoms with van der Waals surface area (Å²) in [7, 11) is 0. The third-order valence-electron chi connectivity index (χ3n) is 3.14. The van der Waals surface area contributed by atoms with E-state index in [0.29, 0.717) is 19.6 Å². The maximum atomic E-state index is 10.7. The molecule has 0 aromatic heterocycles. The van der Waals surface area contributed by atoms with E-state index >= 15 is 0 Å². The highest BCUT2D eigenvalue weighted by atomic mass is 16.4. The Morgan fingerprint density at radius 3 is 2.76 bits per heavy atom. The molecule has 1 saturated heterocycles. The Bertz CT molecular complexity index is 248. The molecule has 0 aliphatic carbocycles. The largest absolute Gasteiger partial charge is 0.480 e. The lowest BCUT2D eigenvalue weighted by molar-refractivity contribution is -0.139. The summed E-state index contributed by atoms with van der Waals surface area (Å²) in [6.07, 6.45) is 0.373. The van der Waals surface area contributed by atoms with Crippen LogP contribution < -0.4 is 5.32 Å². The first kappa shape index (κ1) is 14.4. The summed E-state index contributed by atoms with van der Waals surface area (Å²) in [4.78, 5) is 12.5. The summed E-state index contributed by atoms with van der Waals surface area (Å²) in [5, 5.41) is 30.3. The topological polar surface area (TPSA) is 93.0 Å². The molecule has 3 unspecified atom stereocenters. The minimum Gasteiger partial charge on any atom is -0.480 e. The molecular weight excluding hydrogens is 224 g/mol. The highest BCUT2D eigenvalue weighted by molar-refractivity contribution is 5.69. The minimum atomic E-state index is -0.850. The Balaban J connectivity index is 2.52. The first-order valence-corrected chi connectivity index (χ1v) is 5.99. The van der Waals surface area contributed by atoms with Crippen molar-refractivity contribution in [1.82, 2.24) is 10.2 Å². The molecular formula is C11H22N2O4. The predicted octanol–water partition coefficient (Wildman–Crippen LogP) is -1.28. The summed E-state index contributed by atoms with van der Waals surface area (Å²) in [5.74, 6) is -0.767. The van der Waals surface area contributed by atoms with E-state index in [4.69, 9.17) is 10.2 Å². The number of hydrogen-bond acceptors (Lipinski definition) is 5. The van der Waals surface area contributed by atoms with Gasteiger partial charge in [-0.05, 0) is 19.3 Å². The number of aliphatic carboxylic acids is 1. The third kappa shape index (κ3) is 4.99. The van der Waals surface area contributed by atoms with E-state index < -0.39 is 12.1 Å². The van der Waals surface area contributed by atoms with Gasteiger partial charge in [-0.15, -0.1) is 0 Å². The van der Waals surface area contributed by atoms with Gasteiger partial charge in [0, 0.05) is 25.7 Å². The molecule has 4 N–H and O–H groups in total. The van der Waals surface area contributed by atoms with Crippen LogP contribution >= 0.6 is 0 Å². The van der Waals surface area contributed by atoms with Crippen LogP contribution in [0.2, 0.25) is 0 Å². The van der Waals surface area contributed by atoms with Crippen molar-refractivity contribution in [2.45, 2.75) is 25.5 Å². The number of rotatable bonds is 6. The van der Waals surface area contributed by atoms with E-state index in [2.05, 4.69) is 5.32 Å². The van der Waals surface area contributed by atoms with Gasteiger partial charge < -0.3 is 20.6 Å². The molecule has 0 spiro atoms. The Kier molecular flexibility index (Phi) is 5.84. The predicted molar refractivity (Wildman–Crippen MR) is 62.7 cm³/mol. The average molecular weight is 246 g/mol. The molecule has 6 nitrogen and oxygen atoms in total. The van der Waals surface area contributed by atoms with E-state index in [1.54, 1.807) is 6.92 Å². The van der Waals surface area contributed by atoms with Crippen molar-refractivity contribution in [3.05, 3.63) is 0 Å². The van der Waals surface area contributed by atoms with E-state index in [0.717, 1.165) is 6.42 Å². The quantitative estimate of drug-likeness (QED) is 0.467. The summed E-state index contributed by atoms with van der Waals surface area (Å²) < 4.78 is 0. The lowest BCUT2D eigenvalue weighted by atomic mass is 9.90. The molecule has 0 aromatic rings. The Morgan fingerprint density at radius 1 is 1.53 bits per heavy atom. The van der Waals surface area contributed by atoms with Crippen molar-refractivity contribution in [2.24, 2.45) is 5.92 Å². The maximum absolute atomic E-state index is 10.7. The number of carbonyl (C=O) groups is 1. The van der Waals surface area contributed by atoms with Gasteiger partial charge in [-0.2, -0.15) is 0 Å². The van der Waals surface area contributed by atoms with E-state index in [9.17, 15) is 9.90 Å². The molecule has 0 saturated carbocycles. The lowest BCUT2D eigenvalue weighted by Crippen LogP contribution is -2.52. The van der Waals surface area contributed by atoms with Crippen molar-refractivity contribution < 1.29 is 20.1 Å². The van der Waals surface area contributed by atoms with Crippen molar-refractivity contribution in [2.75, 3.05) is 32.8 Å². The molecule has 1 heterocycles. The fourth-order valence-electron chi connectivity index (χ4n) is 2.32. The molecule has 17 heavy (non-hydrogen) atoms. The second kappa shape index (κ2) is 6.90. The summed E-state index contributed by atoms with van der Waals surface area (Å²) in [5.41, 5.74) is 0. The second-order valence-corrected chi connectivity index (χ2v) is 4.70. The van der Waals surface area contributed by atoms with E-state index in [-0.39, 0.29) is 25.1 Å². The van der Waals surface area contributed by atoms with Crippen molar-refractivity contribution in [3.63, 3.8) is 0 Å². The SMILES string of the molecule is CC(O)C1CC(NCCO)CN(CC(=O)O)C1. The van der Waals surface area contributed by atoms with Crippen LogP contribution in [0.4, 0.5) is 0 Å². The molecule has 0 radical (unpaired) electrons. The van der Waals surface area contributed by atoms with E-state index in [1.807, 2.05) is 4.90 Å². The highest BCUT2D eigenvalue weighted by Gasteiger charge is 2.30. The molecule has 1 aliphatic rings. The number of aliphatic hydroxyl groups is 2. The van der Waals surface area contributed by atoms with Crippen LogP contribution in [-0.4, -0.2) is 71.1 Å². The molecule has 1 aliphatic heterocycles. The van der Waals surface area contributed by atoms with Crippen LogP contribution in [-0.2, 0) is 4.79 Å². The van der Waals surface area contributed by atoms with Crippen LogP contribution in [0, 0.1) is 5.92 Å². The van der Waals surface area contributed by atoms with Gasteiger partial charge in [-0.1, -0.05) is 0 Å². The van der Waals surface area contributed by atoms with Gasteiger partial charge in [0.1, 0.15) is 0 Å². The van der Waals surface area contributed by atoms with Crippen LogP contribution in [0.3, 0.4) is 0 Å². The number of piperidine rings is 1. The first-order valence-electron chi connectivity index (χ1n) is 5.99. The number of nitrogens with zero attached hydrogens (tertiary/aromatic N) is 1. The fourth-order valence-corrected chi connectivity index (χ4v) is 2.32. The van der Waals surface area contributed by atoms with E-state index in [1.165, 1.54) is 0 Å². The molecule has 1 rings (SSSR count). The minimum absolute atomic E-state index is 0.000521. The standard InChI is InChI=1S/C11H22N2O4/c1-8(15)9-4-10(12-2-3-14)6-13(5-9)7-11(16)17/h8-10,12,14-15H,2-7H2,1H3,(H,16,17). The second-order valence-electron chi connectivity index (χ2n) is 4.70. The smallest absolute Gasteiger partial charge is 0.317 e. The average Bonchev–Trinajstić information content (AvgIpc) is 2.25. The molecule has 0 aromatic carbocycles. The Hall–Kier alpha value is -0.690. The number of hydrogen-bond donors (Lipinski definition) is 4. The molecule has 0 amide bonds. The number of carboxylic acid groups (broad SMARTS) is 1. The number of carboxylic acids is 1. The number of likely N-dealkylation sites (tertiary alicyclic amines) is 1. The zero-order valence-corrected chi connectivity index (χ0v) is 10.2. The van der Waals surface area contributed by atoms with Gasteiger partial charge in [-0.25, -0.2) is 0 Å². The van der Waals surface area contributed by atoms with Gasteiger partial charge in [0.15, 0.2) is 0 Å². The van der Waals surface area contributed by atoms with Crippen LogP contribution in [0.15, 0.2) is 0 Å². The molecule has 0 bridgehead atoms. The molecule has 6 heteroatoms. The first-order chi connectivity index (χ1) is 8.02. The zero-order valence-electron chi connectivity index (χ0n) is 10.2. The molecule has 1 fully saturated rings. The summed E-state index contributed by atoms with van der Waals surface area (Å²) >= 11 is 0. The number of aliphatic hydroxyl groups excluding tert-OH is 2. The number of nitrogens with one attached hydrogen (secondary N) is 1. The van der Waals surface area contributed by atoms with Crippen molar-refractivity contribution in [1.29, 1.82) is 0 Å². The Labute approximate surface area is 101 Å². The Morgan fingerprint density at radius 2 is 2.24 bits per heavy atom. The van der Waals surface area contributed by atoms with Crippen molar-refractivity contribution >= 4 is 5.97 Å². The maximum Gasteiger partial charge on any atom is 0.317 e. The van der Waals surface area contributed by atoms with Crippen LogP contribution in [0.1, 0.15) is 13.3 Å². The van der Waals surface area contributed by atoms with Crippen LogP contribution in [0.25, 0.3) is 0 Å². The third-order valence-corrected chi connectivity index (χ3v) is 3.14. The van der Waals surface area contributed by atoms with Gasteiger partial charge in [0.2, 0.25) is 0 Å². The zero-order chi connectivity index (χ0) is 12.8. The van der Waals surface area contributed by atoms with Gasteiger partial charge in [0.05, 0.1) is 19.3 Å². The van der Waals surface area contributed by atoms with Gasteiger partial charge >= 0.3 is 5.97 Å².